The Labute approximate surface area is 257 Å². The first-order valence-electron chi connectivity index (χ1n) is 11.1. The van der Waals surface area contributed by atoms with Gasteiger partial charge in [0.05, 0.1) is 5.54 Å². The van der Waals surface area contributed by atoms with Crippen molar-refractivity contribution in [2.75, 3.05) is 0 Å². The second-order valence-corrected chi connectivity index (χ2v) is 8.99. The van der Waals surface area contributed by atoms with E-state index in [1.54, 1.807) is 0 Å². The standard InChI is InChI=1S/C23H24N2O.C7H8.2ClH.Na.H2O.H/c1-23(2,3)25(24)22(26)21-12-8-7-11-20(21)19-15-13-18(14-16-19)17-9-5-4-6-10-17;1-7-5-3-2-4-6-7;;;;;/h4-16H,24H2,1-3H3;2-6H,1H3;2*1H;;1H2;/q;;;;+1;;-1. The Morgan fingerprint density at radius 1 is 0.676 bits per heavy atom. The molecular weight excluding hydrogens is 514 g/mol. The van der Waals surface area contributed by atoms with Gasteiger partial charge in [-0.25, -0.2) is 5.84 Å². The van der Waals surface area contributed by atoms with Gasteiger partial charge in [-0.05, 0) is 56.0 Å². The number of aryl methyl sites for hydroxylation is 1. The molecule has 4 rings (SSSR count). The van der Waals surface area contributed by atoms with Crippen molar-refractivity contribution in [2.24, 2.45) is 5.84 Å². The molecule has 4 N–H and O–H groups in total. The largest absolute Gasteiger partial charge is 1.00 e. The van der Waals surface area contributed by atoms with Crippen LogP contribution in [0.1, 0.15) is 38.1 Å². The Balaban J connectivity index is -0.000000896. The number of hydrogen-bond acceptors (Lipinski definition) is 2. The van der Waals surface area contributed by atoms with E-state index in [1.807, 2.05) is 93.6 Å². The summed E-state index contributed by atoms with van der Waals surface area (Å²) >= 11 is 0. The van der Waals surface area contributed by atoms with Gasteiger partial charge < -0.3 is 6.90 Å². The van der Waals surface area contributed by atoms with Gasteiger partial charge in [-0.2, -0.15) is 0 Å². The fourth-order valence-electron chi connectivity index (χ4n) is 3.36. The van der Waals surface area contributed by atoms with E-state index in [-0.39, 0.29) is 67.2 Å². The van der Waals surface area contributed by atoms with Crippen LogP contribution in [0.4, 0.5) is 0 Å². The third-order valence-electron chi connectivity index (χ3n) is 5.34. The first-order valence-corrected chi connectivity index (χ1v) is 11.1. The van der Waals surface area contributed by atoms with Gasteiger partial charge in [0.15, 0.2) is 0 Å². The predicted molar refractivity (Wildman–Crippen MR) is 158 cm³/mol. The third kappa shape index (κ3) is 10.6. The summed E-state index contributed by atoms with van der Waals surface area (Å²) in [6.07, 6.45) is 0. The van der Waals surface area contributed by atoms with Crippen molar-refractivity contribution in [1.82, 2.24) is 5.01 Å². The van der Waals surface area contributed by atoms with Crippen molar-refractivity contribution < 1.29 is 41.3 Å². The van der Waals surface area contributed by atoms with Crippen LogP contribution in [0, 0.1) is 6.92 Å². The maximum absolute atomic E-state index is 12.9. The zero-order chi connectivity index (χ0) is 23.8. The molecule has 1 amide bonds. The summed E-state index contributed by atoms with van der Waals surface area (Å²) in [4.78, 5) is 12.9. The summed E-state index contributed by atoms with van der Waals surface area (Å²) in [5.41, 5.74) is 5.69. The first-order chi connectivity index (χ1) is 15.8. The van der Waals surface area contributed by atoms with Gasteiger partial charge >= 0.3 is 29.6 Å². The number of nitrogens with two attached hydrogens (primary N) is 1. The number of hydrogen-bond donors (Lipinski definition) is 1. The molecule has 0 aromatic heterocycles. The third-order valence-corrected chi connectivity index (χ3v) is 5.34. The van der Waals surface area contributed by atoms with Crippen LogP contribution in [-0.2, 0) is 0 Å². The molecule has 0 radical (unpaired) electrons. The average molecular weight is 552 g/mol. The SMILES string of the molecule is CC(C)(C)N(N)C(=O)c1ccccc1-c1ccc(-c2ccccc2)cc1.Cc1ccccc1.Cl.Cl.O.[H-].[Na+]. The van der Waals surface area contributed by atoms with E-state index >= 15 is 0 Å². The second-order valence-electron chi connectivity index (χ2n) is 8.99. The fraction of sp³-hybridized carbons (Fsp3) is 0.167. The normalized spacial score (nSPS) is 9.54. The molecule has 0 saturated heterocycles. The summed E-state index contributed by atoms with van der Waals surface area (Å²) in [5.74, 6) is 5.88. The summed E-state index contributed by atoms with van der Waals surface area (Å²) in [6, 6.07) is 36.3. The van der Waals surface area contributed by atoms with E-state index in [4.69, 9.17) is 5.84 Å². The maximum Gasteiger partial charge on any atom is 1.00 e. The topological polar surface area (TPSA) is 77.8 Å². The zero-order valence-electron chi connectivity index (χ0n) is 23.1. The van der Waals surface area contributed by atoms with Gasteiger partial charge in [0.25, 0.3) is 5.91 Å². The van der Waals surface area contributed by atoms with Crippen LogP contribution in [0.3, 0.4) is 0 Å². The summed E-state index contributed by atoms with van der Waals surface area (Å²) in [6.45, 7) is 7.84. The molecule has 7 heteroatoms. The number of amides is 1. The number of carbonyl (C=O) groups is 1. The van der Waals surface area contributed by atoms with Crippen molar-refractivity contribution in [3.8, 4) is 22.3 Å². The van der Waals surface area contributed by atoms with E-state index in [1.165, 1.54) is 16.1 Å². The fourth-order valence-corrected chi connectivity index (χ4v) is 3.36. The van der Waals surface area contributed by atoms with Gasteiger partial charge in [0.1, 0.15) is 0 Å². The van der Waals surface area contributed by atoms with Crippen LogP contribution < -0.4 is 35.4 Å². The van der Waals surface area contributed by atoms with Gasteiger partial charge in [0.2, 0.25) is 0 Å². The van der Waals surface area contributed by atoms with Crippen LogP contribution in [0.25, 0.3) is 22.3 Å². The minimum absolute atomic E-state index is 0. The molecule has 4 aromatic carbocycles. The molecule has 0 unspecified atom stereocenters. The Morgan fingerprint density at radius 3 is 1.54 bits per heavy atom. The molecule has 0 aliphatic carbocycles. The molecule has 0 saturated carbocycles. The summed E-state index contributed by atoms with van der Waals surface area (Å²) in [7, 11) is 0. The predicted octanol–water partition coefficient (Wildman–Crippen LogP) is 4.27. The number of halogens is 2. The molecule has 0 fully saturated rings. The molecule has 0 atom stereocenters. The maximum atomic E-state index is 12.9. The van der Waals surface area contributed by atoms with Crippen molar-refractivity contribution in [3.05, 3.63) is 120 Å². The number of carbonyl (C=O) groups excluding carboxylic acids is 1. The second kappa shape index (κ2) is 17.4. The van der Waals surface area contributed by atoms with E-state index < -0.39 is 5.54 Å². The van der Waals surface area contributed by atoms with Crippen LogP contribution in [0.15, 0.2) is 109 Å². The molecule has 0 bridgehead atoms. The molecule has 0 spiro atoms. The molecule has 4 aromatic rings. The van der Waals surface area contributed by atoms with Crippen LogP contribution in [0.2, 0.25) is 0 Å². The van der Waals surface area contributed by atoms with E-state index in [2.05, 4.69) is 43.3 Å². The molecular formula is C30H37Cl2N2NaO2. The quantitative estimate of drug-likeness (QED) is 0.179. The molecule has 0 aliphatic heterocycles. The Bertz CT molecular complexity index is 1190. The van der Waals surface area contributed by atoms with Crippen LogP contribution >= 0.6 is 24.8 Å². The van der Waals surface area contributed by atoms with Gasteiger partial charge in [0, 0.05) is 5.56 Å². The minimum Gasteiger partial charge on any atom is -1.00 e. The van der Waals surface area contributed by atoms with E-state index in [0.717, 1.165) is 16.7 Å². The number of benzene rings is 4. The van der Waals surface area contributed by atoms with Crippen LogP contribution in [-0.4, -0.2) is 21.9 Å². The van der Waals surface area contributed by atoms with E-state index in [9.17, 15) is 4.79 Å². The minimum atomic E-state index is -0.443. The summed E-state index contributed by atoms with van der Waals surface area (Å²) < 4.78 is 0. The van der Waals surface area contributed by atoms with Crippen molar-refractivity contribution in [3.63, 3.8) is 0 Å². The van der Waals surface area contributed by atoms with Crippen molar-refractivity contribution >= 4 is 30.7 Å². The number of hydrazine groups is 1. The molecule has 194 valence electrons. The Morgan fingerprint density at radius 2 is 1.08 bits per heavy atom. The average Bonchev–Trinajstić information content (AvgIpc) is 2.84. The van der Waals surface area contributed by atoms with Crippen molar-refractivity contribution in [2.45, 2.75) is 33.2 Å². The molecule has 0 aliphatic rings. The summed E-state index contributed by atoms with van der Waals surface area (Å²) in [5, 5.41) is 1.30. The first kappa shape index (κ1) is 37.0. The van der Waals surface area contributed by atoms with Gasteiger partial charge in [-0.1, -0.05) is 109 Å². The zero-order valence-corrected chi connectivity index (χ0v) is 25.8. The Kier molecular flexibility index (Phi) is 17.4. The van der Waals surface area contributed by atoms with E-state index in [0.29, 0.717) is 5.56 Å². The van der Waals surface area contributed by atoms with Crippen molar-refractivity contribution in [1.29, 1.82) is 0 Å². The van der Waals surface area contributed by atoms with Gasteiger partial charge in [-0.15, -0.1) is 24.8 Å². The monoisotopic (exact) mass is 550 g/mol. The number of rotatable bonds is 3. The number of nitrogens with zero attached hydrogens (tertiary/aromatic N) is 1. The molecule has 0 heterocycles. The van der Waals surface area contributed by atoms with Crippen LogP contribution in [0.5, 0.6) is 0 Å². The smallest absolute Gasteiger partial charge is 1.00 e. The molecule has 4 nitrogen and oxygen atoms in total. The Hall–Kier alpha value is -2.15. The van der Waals surface area contributed by atoms with Gasteiger partial charge in [-0.3, -0.25) is 9.80 Å². The molecule has 37 heavy (non-hydrogen) atoms.